The van der Waals surface area contributed by atoms with Crippen molar-refractivity contribution in [3.63, 3.8) is 0 Å². The summed E-state index contributed by atoms with van der Waals surface area (Å²) in [7, 11) is 1.95. The zero-order chi connectivity index (χ0) is 15.5. The highest BCUT2D eigenvalue weighted by atomic mass is 32.1. The fourth-order valence-corrected chi connectivity index (χ4v) is 3.52. The smallest absolute Gasteiger partial charge is 0.350 e. The van der Waals surface area contributed by atoms with E-state index in [4.69, 9.17) is 4.74 Å². The molecule has 0 atom stereocenters. The maximum atomic E-state index is 12.3. The van der Waals surface area contributed by atoms with Gasteiger partial charge in [-0.1, -0.05) is 18.2 Å². The van der Waals surface area contributed by atoms with Crippen LogP contribution in [0.1, 0.15) is 16.6 Å². The largest absolute Gasteiger partial charge is 0.462 e. The van der Waals surface area contributed by atoms with Crippen LogP contribution in [0.2, 0.25) is 0 Å². The number of nitrogens with zero attached hydrogens (tertiary/aromatic N) is 2. The normalized spacial score (nSPS) is 10.6. The van der Waals surface area contributed by atoms with Crippen LogP contribution in [0, 0.1) is 0 Å². The highest BCUT2D eigenvalue weighted by molar-refractivity contribution is 7.21. The van der Waals surface area contributed by atoms with E-state index in [2.05, 4.69) is 4.98 Å². The maximum absolute atomic E-state index is 12.3. The third-order valence-electron chi connectivity index (χ3n) is 3.42. The Morgan fingerprint density at radius 2 is 1.95 bits per heavy atom. The Morgan fingerprint density at radius 1 is 1.23 bits per heavy atom. The Balaban J connectivity index is 2.17. The molecule has 0 amide bonds. The molecule has 0 fully saturated rings. The summed E-state index contributed by atoms with van der Waals surface area (Å²) >= 11 is 1.46. The topological polar surface area (TPSA) is 42.4 Å². The van der Waals surface area contributed by atoms with E-state index in [0.29, 0.717) is 11.5 Å². The van der Waals surface area contributed by atoms with Gasteiger partial charge in [0.1, 0.15) is 4.88 Å². The van der Waals surface area contributed by atoms with Crippen LogP contribution in [0.3, 0.4) is 0 Å². The van der Waals surface area contributed by atoms with Crippen molar-refractivity contribution in [1.29, 1.82) is 0 Å². The first-order chi connectivity index (χ1) is 10.7. The van der Waals surface area contributed by atoms with Gasteiger partial charge in [-0.15, -0.1) is 11.3 Å². The molecule has 2 heterocycles. The molecule has 0 radical (unpaired) electrons. The first-order valence-corrected chi connectivity index (χ1v) is 7.86. The Kier molecular flexibility index (Phi) is 4.06. The van der Waals surface area contributed by atoms with E-state index in [1.54, 1.807) is 12.4 Å². The van der Waals surface area contributed by atoms with E-state index >= 15 is 0 Å². The summed E-state index contributed by atoms with van der Waals surface area (Å²) in [5, 5.41) is 1.05. The molecule has 3 rings (SSSR count). The fraction of sp³-hybridized carbons (Fsp3) is 0.176. The number of ether oxygens (including phenoxy) is 1. The number of anilines is 2. The minimum Gasteiger partial charge on any atom is -0.462 e. The molecule has 112 valence electrons. The van der Waals surface area contributed by atoms with Crippen LogP contribution < -0.4 is 4.90 Å². The average Bonchev–Trinajstić information content (AvgIpc) is 2.95. The van der Waals surface area contributed by atoms with Crippen molar-refractivity contribution in [1.82, 2.24) is 4.98 Å². The third-order valence-corrected chi connectivity index (χ3v) is 4.56. The molecular weight excluding hydrogens is 296 g/mol. The lowest BCUT2D eigenvalue weighted by Gasteiger charge is -2.20. The molecule has 5 heteroatoms. The van der Waals surface area contributed by atoms with E-state index < -0.39 is 0 Å². The Bertz CT molecular complexity index is 799. The van der Waals surface area contributed by atoms with Crippen LogP contribution in [-0.2, 0) is 4.74 Å². The molecule has 0 spiro atoms. The molecule has 0 aliphatic rings. The van der Waals surface area contributed by atoms with Gasteiger partial charge in [-0.05, 0) is 25.1 Å². The standard InChI is InChI=1S/C17H16N2O2S/c1-3-21-17(20)16-15(13-6-4-5-7-14(13)22-16)19(2)12-8-10-18-11-9-12/h4-11H,3H2,1-2H3. The number of hydrogen-bond donors (Lipinski definition) is 0. The molecule has 3 aromatic rings. The lowest BCUT2D eigenvalue weighted by Crippen LogP contribution is -2.13. The van der Waals surface area contributed by atoms with Gasteiger partial charge in [0.15, 0.2) is 0 Å². The molecule has 0 saturated carbocycles. The first-order valence-electron chi connectivity index (χ1n) is 7.04. The summed E-state index contributed by atoms with van der Waals surface area (Å²) in [6, 6.07) is 11.8. The highest BCUT2D eigenvalue weighted by Crippen LogP contribution is 2.40. The van der Waals surface area contributed by atoms with Crippen molar-refractivity contribution in [2.24, 2.45) is 0 Å². The van der Waals surface area contributed by atoms with Crippen molar-refractivity contribution in [3.05, 3.63) is 53.7 Å². The highest BCUT2D eigenvalue weighted by Gasteiger charge is 2.22. The van der Waals surface area contributed by atoms with E-state index in [1.165, 1.54) is 11.3 Å². The van der Waals surface area contributed by atoms with Crippen LogP contribution in [0.4, 0.5) is 11.4 Å². The third kappa shape index (κ3) is 2.55. The number of carbonyl (C=O) groups excluding carboxylic acids is 1. The van der Waals surface area contributed by atoms with Crippen molar-refractivity contribution >= 4 is 38.8 Å². The van der Waals surface area contributed by atoms with Gasteiger partial charge in [-0.25, -0.2) is 4.79 Å². The van der Waals surface area contributed by atoms with Gasteiger partial charge < -0.3 is 9.64 Å². The van der Waals surface area contributed by atoms with Gasteiger partial charge in [-0.3, -0.25) is 4.98 Å². The average molecular weight is 312 g/mol. The first kappa shape index (κ1) is 14.5. The SMILES string of the molecule is CCOC(=O)c1sc2ccccc2c1N(C)c1ccncc1. The number of thiophene rings is 1. The molecule has 22 heavy (non-hydrogen) atoms. The summed E-state index contributed by atoms with van der Waals surface area (Å²) in [6.45, 7) is 2.18. The van der Waals surface area contributed by atoms with Gasteiger partial charge in [0.25, 0.3) is 0 Å². The second-order valence-electron chi connectivity index (χ2n) is 4.76. The Morgan fingerprint density at radius 3 is 2.68 bits per heavy atom. The zero-order valence-electron chi connectivity index (χ0n) is 12.4. The number of esters is 1. The van der Waals surface area contributed by atoms with Crippen LogP contribution in [0.15, 0.2) is 48.8 Å². The summed E-state index contributed by atoms with van der Waals surface area (Å²) in [6.07, 6.45) is 3.48. The molecule has 0 unspecified atom stereocenters. The lowest BCUT2D eigenvalue weighted by molar-refractivity contribution is 0.0533. The van der Waals surface area contributed by atoms with E-state index in [0.717, 1.165) is 21.5 Å². The molecule has 2 aromatic heterocycles. The molecule has 1 aromatic carbocycles. The predicted molar refractivity (Wildman–Crippen MR) is 90.1 cm³/mol. The quantitative estimate of drug-likeness (QED) is 0.676. The monoisotopic (exact) mass is 312 g/mol. The fourth-order valence-electron chi connectivity index (χ4n) is 2.40. The maximum Gasteiger partial charge on any atom is 0.350 e. The van der Waals surface area contributed by atoms with Crippen LogP contribution in [-0.4, -0.2) is 24.6 Å². The van der Waals surface area contributed by atoms with Gasteiger partial charge in [0.05, 0.1) is 12.3 Å². The van der Waals surface area contributed by atoms with Crippen molar-refractivity contribution < 1.29 is 9.53 Å². The molecule has 0 saturated heterocycles. The summed E-state index contributed by atoms with van der Waals surface area (Å²) in [5.41, 5.74) is 1.86. The van der Waals surface area contributed by atoms with Crippen LogP contribution >= 0.6 is 11.3 Å². The van der Waals surface area contributed by atoms with E-state index in [1.807, 2.05) is 55.3 Å². The van der Waals surface area contributed by atoms with Crippen molar-refractivity contribution in [2.75, 3.05) is 18.6 Å². The van der Waals surface area contributed by atoms with Crippen LogP contribution in [0.5, 0.6) is 0 Å². The number of hydrogen-bond acceptors (Lipinski definition) is 5. The number of pyridine rings is 1. The number of benzene rings is 1. The zero-order valence-corrected chi connectivity index (χ0v) is 13.3. The second kappa shape index (κ2) is 6.15. The predicted octanol–water partition coefficient (Wildman–Crippen LogP) is 4.24. The van der Waals surface area contributed by atoms with Gasteiger partial charge in [0.2, 0.25) is 0 Å². The molecule has 0 aliphatic heterocycles. The number of rotatable bonds is 4. The van der Waals surface area contributed by atoms with Gasteiger partial charge in [0, 0.05) is 35.2 Å². The van der Waals surface area contributed by atoms with E-state index in [-0.39, 0.29) is 5.97 Å². The summed E-state index contributed by atoms with van der Waals surface area (Å²) in [5.74, 6) is -0.278. The lowest BCUT2D eigenvalue weighted by atomic mass is 10.2. The molecule has 0 N–H and O–H groups in total. The Hall–Kier alpha value is -2.40. The molecule has 0 bridgehead atoms. The van der Waals surface area contributed by atoms with Crippen molar-refractivity contribution in [3.8, 4) is 0 Å². The second-order valence-corrected chi connectivity index (χ2v) is 5.81. The summed E-state index contributed by atoms with van der Waals surface area (Å²) in [4.78, 5) is 19.0. The van der Waals surface area contributed by atoms with Gasteiger partial charge >= 0.3 is 5.97 Å². The number of carbonyl (C=O) groups is 1. The Labute approximate surface area is 133 Å². The van der Waals surface area contributed by atoms with E-state index in [9.17, 15) is 4.79 Å². The minimum atomic E-state index is -0.278. The number of fused-ring (bicyclic) bond motifs is 1. The minimum absolute atomic E-state index is 0.278. The molecular formula is C17H16N2O2S. The molecule has 0 aliphatic carbocycles. The molecule has 4 nitrogen and oxygen atoms in total. The summed E-state index contributed by atoms with van der Waals surface area (Å²) < 4.78 is 6.29. The van der Waals surface area contributed by atoms with Gasteiger partial charge in [-0.2, -0.15) is 0 Å². The van der Waals surface area contributed by atoms with Crippen molar-refractivity contribution in [2.45, 2.75) is 6.92 Å². The number of aromatic nitrogens is 1. The van der Waals surface area contributed by atoms with Crippen LogP contribution in [0.25, 0.3) is 10.1 Å².